The summed E-state index contributed by atoms with van der Waals surface area (Å²) in [5, 5.41) is 0.699. The van der Waals surface area contributed by atoms with Crippen LogP contribution >= 0.6 is 11.6 Å². The number of carbonyl (C=O) groups excluding carboxylic acids is 1. The first-order valence-electron chi connectivity index (χ1n) is 9.43. The van der Waals surface area contributed by atoms with Gasteiger partial charge >= 0.3 is 6.18 Å². The molecule has 0 saturated carbocycles. The number of rotatable bonds is 2. The third kappa shape index (κ3) is 3.42. The molecule has 4 aromatic rings. The molecule has 32 heavy (non-hydrogen) atoms. The molecule has 0 fully saturated rings. The molecule has 11 heteroatoms. The highest BCUT2D eigenvalue weighted by Gasteiger charge is 2.31. The van der Waals surface area contributed by atoms with Crippen molar-refractivity contribution in [2.45, 2.75) is 6.18 Å². The van der Waals surface area contributed by atoms with Crippen molar-refractivity contribution >= 4 is 34.2 Å². The van der Waals surface area contributed by atoms with Gasteiger partial charge in [-0.1, -0.05) is 11.6 Å². The molecule has 0 atom stereocenters. The Morgan fingerprint density at radius 2 is 1.81 bits per heavy atom. The van der Waals surface area contributed by atoms with Gasteiger partial charge in [0.25, 0.3) is 5.91 Å². The second-order valence-electron chi connectivity index (χ2n) is 6.99. The fourth-order valence-corrected chi connectivity index (χ4v) is 3.74. The van der Waals surface area contributed by atoms with Crippen molar-refractivity contribution in [3.05, 3.63) is 71.4 Å². The van der Waals surface area contributed by atoms with Crippen molar-refractivity contribution in [3.8, 4) is 11.6 Å². The standard InChI is InChI=1S/C21H13ClF3N5O2/c22-17-16-19(28-11-27-17)32-8-7-30(20(16)31)15-9-12-5-6-29(18(12)26-10-15)14-3-1-13(2-4-14)21(23,24)25/h1-6,9-11H,7-8H2. The van der Waals surface area contributed by atoms with Gasteiger partial charge in [-0.05, 0) is 36.4 Å². The molecule has 162 valence electrons. The lowest BCUT2D eigenvalue weighted by atomic mass is 10.2. The van der Waals surface area contributed by atoms with Gasteiger partial charge in [0.2, 0.25) is 5.88 Å². The average Bonchev–Trinajstić information content (AvgIpc) is 3.11. The van der Waals surface area contributed by atoms with E-state index in [2.05, 4.69) is 15.0 Å². The van der Waals surface area contributed by atoms with Gasteiger partial charge in [0.1, 0.15) is 29.3 Å². The zero-order chi connectivity index (χ0) is 22.5. The van der Waals surface area contributed by atoms with Gasteiger partial charge in [0, 0.05) is 17.3 Å². The van der Waals surface area contributed by atoms with E-state index in [0.717, 1.165) is 12.1 Å². The van der Waals surface area contributed by atoms with Gasteiger partial charge in [0.05, 0.1) is 24.0 Å². The van der Waals surface area contributed by atoms with Gasteiger partial charge in [-0.2, -0.15) is 13.2 Å². The Morgan fingerprint density at radius 3 is 2.56 bits per heavy atom. The molecule has 5 rings (SSSR count). The van der Waals surface area contributed by atoms with Crippen LogP contribution in [0, 0.1) is 0 Å². The molecular formula is C21H13ClF3N5O2. The number of alkyl halides is 3. The summed E-state index contributed by atoms with van der Waals surface area (Å²) in [5.41, 5.74) is 0.940. The molecule has 1 amide bonds. The van der Waals surface area contributed by atoms with E-state index in [1.165, 1.54) is 29.6 Å². The second-order valence-corrected chi connectivity index (χ2v) is 7.34. The third-order valence-electron chi connectivity index (χ3n) is 5.08. The number of aromatic nitrogens is 4. The normalized spacial score (nSPS) is 14.2. The minimum absolute atomic E-state index is 0.00519. The maximum absolute atomic E-state index is 13.1. The number of carbonyl (C=O) groups is 1. The summed E-state index contributed by atoms with van der Waals surface area (Å²) in [7, 11) is 0. The van der Waals surface area contributed by atoms with Crippen LogP contribution in [0.25, 0.3) is 16.7 Å². The van der Waals surface area contributed by atoms with Crippen molar-refractivity contribution in [1.82, 2.24) is 19.5 Å². The molecule has 1 aromatic carbocycles. The number of hydrogen-bond donors (Lipinski definition) is 0. The molecule has 0 saturated heterocycles. The van der Waals surface area contributed by atoms with E-state index in [4.69, 9.17) is 16.3 Å². The topological polar surface area (TPSA) is 73.1 Å². The molecular weight excluding hydrogens is 447 g/mol. The number of amides is 1. The SMILES string of the molecule is O=C1c2c(Cl)ncnc2OCCN1c1cnc2c(ccn2-c2ccc(C(F)(F)F)cc2)c1. The van der Waals surface area contributed by atoms with Gasteiger partial charge in [-0.3, -0.25) is 4.79 Å². The lowest BCUT2D eigenvalue weighted by Crippen LogP contribution is -2.32. The first-order chi connectivity index (χ1) is 15.3. The number of ether oxygens (including phenoxy) is 1. The zero-order valence-electron chi connectivity index (χ0n) is 16.2. The van der Waals surface area contributed by atoms with E-state index in [1.54, 1.807) is 22.9 Å². The molecule has 1 aliphatic rings. The number of halogens is 4. The maximum atomic E-state index is 13.1. The molecule has 0 aliphatic carbocycles. The average molecular weight is 460 g/mol. The Bertz CT molecular complexity index is 1340. The van der Waals surface area contributed by atoms with Gasteiger partial charge in [0.15, 0.2) is 0 Å². The van der Waals surface area contributed by atoms with Crippen LogP contribution in [0.4, 0.5) is 18.9 Å². The van der Waals surface area contributed by atoms with Crippen LogP contribution in [0.15, 0.2) is 55.1 Å². The molecule has 0 radical (unpaired) electrons. The summed E-state index contributed by atoms with van der Waals surface area (Å²) in [6.45, 7) is 0.453. The minimum Gasteiger partial charge on any atom is -0.475 e. The molecule has 0 spiro atoms. The number of nitrogens with zero attached hydrogens (tertiary/aromatic N) is 5. The van der Waals surface area contributed by atoms with Gasteiger partial charge in [-0.15, -0.1) is 0 Å². The Labute approximate surface area is 184 Å². The van der Waals surface area contributed by atoms with Crippen molar-refractivity contribution in [3.63, 3.8) is 0 Å². The molecule has 4 heterocycles. The van der Waals surface area contributed by atoms with Crippen molar-refractivity contribution in [2.75, 3.05) is 18.1 Å². The molecule has 0 bridgehead atoms. The van der Waals surface area contributed by atoms with E-state index >= 15 is 0 Å². The summed E-state index contributed by atoms with van der Waals surface area (Å²) in [6.07, 6.45) is 0.0447. The number of hydrogen-bond acceptors (Lipinski definition) is 5. The molecule has 0 N–H and O–H groups in total. The highest BCUT2D eigenvalue weighted by molar-refractivity contribution is 6.33. The largest absolute Gasteiger partial charge is 0.475 e. The van der Waals surface area contributed by atoms with Crippen molar-refractivity contribution in [2.24, 2.45) is 0 Å². The highest BCUT2D eigenvalue weighted by Crippen LogP contribution is 2.32. The molecule has 1 aliphatic heterocycles. The quantitative estimate of drug-likeness (QED) is 0.412. The lowest BCUT2D eigenvalue weighted by Gasteiger charge is -2.20. The fourth-order valence-electron chi connectivity index (χ4n) is 3.53. The van der Waals surface area contributed by atoms with E-state index in [0.29, 0.717) is 22.4 Å². The Hall–Kier alpha value is -3.66. The summed E-state index contributed by atoms with van der Waals surface area (Å²) in [5.74, 6) is -0.286. The van der Waals surface area contributed by atoms with Crippen LogP contribution in [0.3, 0.4) is 0 Å². The molecule has 0 unspecified atom stereocenters. The summed E-state index contributed by atoms with van der Waals surface area (Å²) in [6, 6.07) is 8.35. The monoisotopic (exact) mass is 459 g/mol. The van der Waals surface area contributed by atoms with E-state index < -0.39 is 17.6 Å². The Balaban J connectivity index is 1.50. The first-order valence-corrected chi connectivity index (χ1v) is 9.80. The fraction of sp³-hybridized carbons (Fsp3) is 0.143. The summed E-state index contributed by atoms with van der Waals surface area (Å²) >= 11 is 6.10. The van der Waals surface area contributed by atoms with Gasteiger partial charge < -0.3 is 14.2 Å². The number of fused-ring (bicyclic) bond motifs is 2. The Kier molecular flexibility index (Phi) is 4.74. The first kappa shape index (κ1) is 20.3. The van der Waals surface area contributed by atoms with Crippen molar-refractivity contribution in [1.29, 1.82) is 0 Å². The maximum Gasteiger partial charge on any atom is 0.416 e. The van der Waals surface area contributed by atoms with E-state index in [-0.39, 0.29) is 29.7 Å². The highest BCUT2D eigenvalue weighted by atomic mass is 35.5. The van der Waals surface area contributed by atoms with Crippen molar-refractivity contribution < 1.29 is 22.7 Å². The van der Waals surface area contributed by atoms with Crippen LogP contribution in [-0.4, -0.2) is 38.6 Å². The minimum atomic E-state index is -4.40. The lowest BCUT2D eigenvalue weighted by molar-refractivity contribution is -0.137. The Morgan fingerprint density at radius 1 is 1.03 bits per heavy atom. The molecule has 3 aromatic heterocycles. The number of anilines is 1. The second kappa shape index (κ2) is 7.49. The van der Waals surface area contributed by atoms with Crippen LogP contribution in [0.1, 0.15) is 15.9 Å². The van der Waals surface area contributed by atoms with Gasteiger partial charge in [-0.25, -0.2) is 15.0 Å². The predicted octanol–water partition coefficient (Wildman–Crippen LogP) is 4.53. The van der Waals surface area contributed by atoms with E-state index in [1.807, 2.05) is 0 Å². The van der Waals surface area contributed by atoms with E-state index in [9.17, 15) is 18.0 Å². The van der Waals surface area contributed by atoms with Crippen LogP contribution in [0.5, 0.6) is 5.88 Å². The number of benzene rings is 1. The predicted molar refractivity (Wildman–Crippen MR) is 110 cm³/mol. The third-order valence-corrected chi connectivity index (χ3v) is 5.36. The molecule has 7 nitrogen and oxygen atoms in total. The van der Waals surface area contributed by atoms with Crippen LogP contribution in [-0.2, 0) is 6.18 Å². The smallest absolute Gasteiger partial charge is 0.416 e. The summed E-state index contributed by atoms with van der Waals surface area (Å²) < 4.78 is 45.7. The van der Waals surface area contributed by atoms with Crippen LogP contribution in [0.2, 0.25) is 5.15 Å². The van der Waals surface area contributed by atoms with Crippen LogP contribution < -0.4 is 9.64 Å². The summed E-state index contributed by atoms with van der Waals surface area (Å²) in [4.78, 5) is 26.8. The number of pyridine rings is 1. The zero-order valence-corrected chi connectivity index (χ0v) is 16.9.